The van der Waals surface area contributed by atoms with Crippen molar-refractivity contribution in [2.75, 3.05) is 13.1 Å². The Morgan fingerprint density at radius 1 is 1.44 bits per heavy atom. The number of aromatic nitrogens is 1. The fourth-order valence-corrected chi connectivity index (χ4v) is 3.41. The Kier molecular flexibility index (Phi) is 4.79. The van der Waals surface area contributed by atoms with Crippen molar-refractivity contribution in [1.29, 1.82) is 0 Å². The van der Waals surface area contributed by atoms with Gasteiger partial charge in [0.15, 0.2) is 0 Å². The molecule has 90 valence electrons. The van der Waals surface area contributed by atoms with E-state index < -0.39 is 0 Å². The lowest BCUT2D eigenvalue weighted by Gasteiger charge is -2.19. The number of nitrogens with one attached hydrogen (secondary N) is 1. The maximum absolute atomic E-state index is 4.17. The third kappa shape index (κ3) is 3.29. The van der Waals surface area contributed by atoms with E-state index >= 15 is 0 Å². The van der Waals surface area contributed by atoms with Crippen molar-refractivity contribution in [2.45, 2.75) is 39.0 Å². The maximum Gasteiger partial charge on any atom is 0.0794 e. The molecule has 0 bridgehead atoms. The molecule has 0 radical (unpaired) electrons. The van der Waals surface area contributed by atoms with Crippen LogP contribution in [0.5, 0.6) is 0 Å². The third-order valence-corrected chi connectivity index (χ3v) is 4.40. The van der Waals surface area contributed by atoms with Crippen LogP contribution in [0, 0.1) is 11.8 Å². The van der Waals surface area contributed by atoms with E-state index in [1.54, 1.807) is 0 Å². The highest BCUT2D eigenvalue weighted by atomic mass is 32.1. The molecular formula is C13H22N2S. The fourth-order valence-electron chi connectivity index (χ4n) is 2.72. The Bertz CT molecular complexity index is 284. The van der Waals surface area contributed by atoms with E-state index in [0.717, 1.165) is 11.8 Å². The van der Waals surface area contributed by atoms with Crippen LogP contribution in [0.4, 0.5) is 0 Å². The first-order valence-corrected chi connectivity index (χ1v) is 7.36. The van der Waals surface area contributed by atoms with E-state index in [1.165, 1.54) is 50.1 Å². The molecule has 2 rings (SSSR count). The van der Waals surface area contributed by atoms with Gasteiger partial charge < -0.3 is 5.32 Å². The van der Waals surface area contributed by atoms with E-state index in [4.69, 9.17) is 0 Å². The summed E-state index contributed by atoms with van der Waals surface area (Å²) in [6.45, 7) is 4.62. The van der Waals surface area contributed by atoms with Crippen LogP contribution in [0.15, 0.2) is 11.7 Å². The normalized spacial score (nSPS) is 25.1. The first-order valence-electron chi connectivity index (χ1n) is 6.48. The molecule has 0 aliphatic heterocycles. The minimum Gasteiger partial charge on any atom is -0.316 e. The fraction of sp³-hybridized carbons (Fsp3) is 0.769. The average Bonchev–Trinajstić information content (AvgIpc) is 2.92. The Labute approximate surface area is 102 Å². The molecule has 2 atom stereocenters. The Balaban J connectivity index is 1.79. The average molecular weight is 238 g/mol. The van der Waals surface area contributed by atoms with Crippen molar-refractivity contribution in [3.63, 3.8) is 0 Å². The second-order valence-electron chi connectivity index (χ2n) is 4.83. The second kappa shape index (κ2) is 6.36. The van der Waals surface area contributed by atoms with Gasteiger partial charge in [0.05, 0.1) is 5.51 Å². The maximum atomic E-state index is 4.17. The zero-order valence-electron chi connectivity index (χ0n) is 10.1. The molecule has 1 heterocycles. The lowest BCUT2D eigenvalue weighted by Crippen LogP contribution is -2.26. The number of hydrogen-bond acceptors (Lipinski definition) is 3. The Morgan fingerprint density at radius 3 is 3.06 bits per heavy atom. The largest absolute Gasteiger partial charge is 0.316 e. The van der Waals surface area contributed by atoms with Crippen LogP contribution in [0.25, 0.3) is 0 Å². The van der Waals surface area contributed by atoms with Crippen molar-refractivity contribution in [2.24, 2.45) is 11.8 Å². The topological polar surface area (TPSA) is 24.9 Å². The molecule has 3 heteroatoms. The summed E-state index contributed by atoms with van der Waals surface area (Å²) >= 11 is 1.81. The van der Waals surface area contributed by atoms with Crippen molar-refractivity contribution in [1.82, 2.24) is 10.3 Å². The minimum absolute atomic E-state index is 0.893. The van der Waals surface area contributed by atoms with E-state index in [1.807, 2.05) is 23.0 Å². The SMILES string of the molecule is CCCNCC1CCCC1Cc1cncs1. The zero-order valence-corrected chi connectivity index (χ0v) is 10.9. The predicted octanol–water partition coefficient (Wildman–Crippen LogP) is 3.10. The van der Waals surface area contributed by atoms with Gasteiger partial charge in [-0.2, -0.15) is 0 Å². The summed E-state index contributed by atoms with van der Waals surface area (Å²) in [6, 6.07) is 0. The van der Waals surface area contributed by atoms with Gasteiger partial charge in [-0.05, 0) is 50.6 Å². The van der Waals surface area contributed by atoms with Crippen LogP contribution in [0.2, 0.25) is 0 Å². The van der Waals surface area contributed by atoms with E-state index in [2.05, 4.69) is 17.2 Å². The third-order valence-electron chi connectivity index (χ3n) is 3.60. The van der Waals surface area contributed by atoms with Gasteiger partial charge in [0.2, 0.25) is 0 Å². The predicted molar refractivity (Wildman–Crippen MR) is 69.8 cm³/mol. The lowest BCUT2D eigenvalue weighted by atomic mass is 9.92. The van der Waals surface area contributed by atoms with Crippen molar-refractivity contribution in [3.05, 3.63) is 16.6 Å². The monoisotopic (exact) mass is 238 g/mol. The molecule has 0 aromatic carbocycles. The molecular weight excluding hydrogens is 216 g/mol. The Morgan fingerprint density at radius 2 is 2.31 bits per heavy atom. The van der Waals surface area contributed by atoms with Gasteiger partial charge in [-0.1, -0.05) is 13.3 Å². The van der Waals surface area contributed by atoms with Gasteiger partial charge in [0, 0.05) is 11.1 Å². The smallest absolute Gasteiger partial charge is 0.0794 e. The number of rotatable bonds is 6. The van der Waals surface area contributed by atoms with Gasteiger partial charge in [-0.3, -0.25) is 4.98 Å². The molecule has 1 aliphatic carbocycles. The molecule has 0 saturated heterocycles. The van der Waals surface area contributed by atoms with Gasteiger partial charge in [-0.25, -0.2) is 0 Å². The van der Waals surface area contributed by atoms with Crippen LogP contribution in [-0.4, -0.2) is 18.1 Å². The molecule has 1 fully saturated rings. The second-order valence-corrected chi connectivity index (χ2v) is 5.80. The zero-order chi connectivity index (χ0) is 11.2. The van der Waals surface area contributed by atoms with E-state index in [-0.39, 0.29) is 0 Å². The standard InChI is InChI=1S/C13H22N2S/c1-2-6-14-8-12-5-3-4-11(12)7-13-9-15-10-16-13/h9-12,14H,2-8H2,1H3. The molecule has 1 N–H and O–H groups in total. The van der Waals surface area contributed by atoms with Crippen molar-refractivity contribution < 1.29 is 0 Å². The highest BCUT2D eigenvalue weighted by Crippen LogP contribution is 2.34. The van der Waals surface area contributed by atoms with Crippen LogP contribution in [0.3, 0.4) is 0 Å². The van der Waals surface area contributed by atoms with Gasteiger partial charge >= 0.3 is 0 Å². The highest BCUT2D eigenvalue weighted by molar-refractivity contribution is 7.09. The lowest BCUT2D eigenvalue weighted by molar-refractivity contribution is 0.367. The quantitative estimate of drug-likeness (QED) is 0.770. The molecule has 1 aromatic heterocycles. The van der Waals surface area contributed by atoms with E-state index in [9.17, 15) is 0 Å². The Hall–Kier alpha value is -0.410. The van der Waals surface area contributed by atoms with Gasteiger partial charge in [0.25, 0.3) is 0 Å². The van der Waals surface area contributed by atoms with Gasteiger partial charge in [0.1, 0.15) is 0 Å². The minimum atomic E-state index is 0.893. The molecule has 2 nitrogen and oxygen atoms in total. The summed E-state index contributed by atoms with van der Waals surface area (Å²) in [4.78, 5) is 5.63. The first kappa shape index (κ1) is 12.1. The molecule has 0 spiro atoms. The first-order chi connectivity index (χ1) is 7.90. The summed E-state index contributed by atoms with van der Waals surface area (Å²) in [5, 5.41) is 3.57. The summed E-state index contributed by atoms with van der Waals surface area (Å²) in [7, 11) is 0. The summed E-state index contributed by atoms with van der Waals surface area (Å²) in [6.07, 6.45) is 8.79. The number of nitrogens with zero attached hydrogens (tertiary/aromatic N) is 1. The van der Waals surface area contributed by atoms with Crippen molar-refractivity contribution in [3.8, 4) is 0 Å². The van der Waals surface area contributed by atoms with Crippen LogP contribution in [0.1, 0.15) is 37.5 Å². The van der Waals surface area contributed by atoms with E-state index in [0.29, 0.717) is 0 Å². The highest BCUT2D eigenvalue weighted by Gasteiger charge is 2.27. The number of hydrogen-bond donors (Lipinski definition) is 1. The van der Waals surface area contributed by atoms with Crippen LogP contribution in [-0.2, 0) is 6.42 Å². The van der Waals surface area contributed by atoms with Crippen LogP contribution >= 0.6 is 11.3 Å². The molecule has 1 aliphatic rings. The van der Waals surface area contributed by atoms with Gasteiger partial charge in [-0.15, -0.1) is 11.3 Å². The summed E-state index contributed by atoms with van der Waals surface area (Å²) in [5.41, 5.74) is 1.95. The summed E-state index contributed by atoms with van der Waals surface area (Å²) < 4.78 is 0. The number of thiazole rings is 1. The molecule has 1 saturated carbocycles. The summed E-state index contributed by atoms with van der Waals surface area (Å²) in [5.74, 6) is 1.79. The molecule has 1 aromatic rings. The van der Waals surface area contributed by atoms with Crippen LogP contribution < -0.4 is 5.32 Å². The molecule has 16 heavy (non-hydrogen) atoms. The molecule has 2 unspecified atom stereocenters. The molecule has 0 amide bonds. The van der Waals surface area contributed by atoms with Crippen molar-refractivity contribution >= 4 is 11.3 Å².